The fourth-order valence-electron chi connectivity index (χ4n) is 2.77. The van der Waals surface area contributed by atoms with Crippen LogP contribution in [0.5, 0.6) is 17.2 Å². The predicted molar refractivity (Wildman–Crippen MR) is 91.3 cm³/mol. The Morgan fingerprint density at radius 1 is 1.09 bits per heavy atom. The van der Waals surface area contributed by atoms with Crippen LogP contribution >= 0.6 is 12.4 Å². The molecule has 130 valence electrons. The normalized spacial score (nSPS) is 14.6. The van der Waals surface area contributed by atoms with E-state index in [1.807, 2.05) is 11.9 Å². The van der Waals surface area contributed by atoms with Gasteiger partial charge in [0.25, 0.3) is 5.91 Å². The van der Waals surface area contributed by atoms with Gasteiger partial charge in [0.1, 0.15) is 0 Å². The van der Waals surface area contributed by atoms with Crippen LogP contribution in [0.2, 0.25) is 0 Å². The molecule has 0 radical (unpaired) electrons. The summed E-state index contributed by atoms with van der Waals surface area (Å²) in [6.45, 7) is 1.88. The minimum atomic E-state index is -0.0360. The van der Waals surface area contributed by atoms with Gasteiger partial charge in [-0.15, -0.1) is 12.4 Å². The van der Waals surface area contributed by atoms with E-state index in [2.05, 4.69) is 5.32 Å². The lowest BCUT2D eigenvalue weighted by Crippen LogP contribution is -2.43. The van der Waals surface area contributed by atoms with E-state index in [1.54, 1.807) is 33.5 Å². The van der Waals surface area contributed by atoms with Crippen molar-refractivity contribution in [2.75, 3.05) is 41.5 Å². The highest BCUT2D eigenvalue weighted by Crippen LogP contribution is 2.38. The zero-order valence-electron chi connectivity index (χ0n) is 14.0. The number of hydrogen-bond acceptors (Lipinski definition) is 5. The van der Waals surface area contributed by atoms with Gasteiger partial charge in [-0.2, -0.15) is 0 Å². The zero-order chi connectivity index (χ0) is 16.1. The van der Waals surface area contributed by atoms with Crippen LogP contribution in [0, 0.1) is 0 Å². The second-order valence-corrected chi connectivity index (χ2v) is 5.31. The van der Waals surface area contributed by atoms with Gasteiger partial charge in [-0.1, -0.05) is 0 Å². The number of benzene rings is 1. The van der Waals surface area contributed by atoms with E-state index >= 15 is 0 Å². The molecular weight excluding hydrogens is 320 g/mol. The summed E-state index contributed by atoms with van der Waals surface area (Å²) in [5.41, 5.74) is 0.538. The Balaban J connectivity index is 0.00000264. The first-order valence-electron chi connectivity index (χ1n) is 7.40. The second-order valence-electron chi connectivity index (χ2n) is 5.31. The Hall–Kier alpha value is -1.66. The van der Waals surface area contributed by atoms with Gasteiger partial charge in [0.05, 0.1) is 21.3 Å². The standard InChI is InChI=1S/C16H24N2O4.ClH/c1-18(12-5-7-17-8-6-12)16(19)11-9-13(20-2)15(22-4)14(10-11)21-3;/h9-10,12,17H,5-8H2,1-4H3;1H. The van der Waals surface area contributed by atoms with Gasteiger partial charge in [0, 0.05) is 18.7 Å². The van der Waals surface area contributed by atoms with Gasteiger partial charge < -0.3 is 24.4 Å². The summed E-state index contributed by atoms with van der Waals surface area (Å²) in [5, 5.41) is 3.31. The average molecular weight is 345 g/mol. The number of nitrogens with one attached hydrogen (secondary N) is 1. The van der Waals surface area contributed by atoms with E-state index in [0.717, 1.165) is 25.9 Å². The van der Waals surface area contributed by atoms with Gasteiger partial charge in [-0.3, -0.25) is 4.79 Å². The number of methoxy groups -OCH3 is 3. The molecule has 0 atom stereocenters. The number of piperidine rings is 1. The lowest BCUT2D eigenvalue weighted by Gasteiger charge is -2.32. The molecule has 1 heterocycles. The maximum absolute atomic E-state index is 12.7. The molecule has 0 aromatic heterocycles. The van der Waals surface area contributed by atoms with E-state index in [1.165, 1.54) is 0 Å². The van der Waals surface area contributed by atoms with Crippen molar-refractivity contribution in [2.24, 2.45) is 0 Å². The third kappa shape index (κ3) is 4.20. The molecular formula is C16H25ClN2O4. The molecule has 1 N–H and O–H groups in total. The van der Waals surface area contributed by atoms with Crippen molar-refractivity contribution >= 4 is 18.3 Å². The first-order chi connectivity index (χ1) is 10.6. The number of amides is 1. The monoisotopic (exact) mass is 344 g/mol. The summed E-state index contributed by atoms with van der Waals surface area (Å²) in [6, 6.07) is 3.65. The van der Waals surface area contributed by atoms with Crippen molar-refractivity contribution < 1.29 is 19.0 Å². The molecule has 1 aliphatic heterocycles. The number of carbonyl (C=O) groups is 1. The summed E-state index contributed by atoms with van der Waals surface area (Å²) >= 11 is 0. The summed E-state index contributed by atoms with van der Waals surface area (Å²) < 4.78 is 15.9. The minimum absolute atomic E-state index is 0. The van der Waals surface area contributed by atoms with Crippen LogP contribution in [0.1, 0.15) is 23.2 Å². The van der Waals surface area contributed by atoms with Gasteiger partial charge >= 0.3 is 0 Å². The second kappa shape index (κ2) is 8.84. The first-order valence-corrected chi connectivity index (χ1v) is 7.40. The molecule has 23 heavy (non-hydrogen) atoms. The largest absolute Gasteiger partial charge is 0.493 e. The molecule has 0 saturated carbocycles. The molecule has 7 heteroatoms. The molecule has 1 fully saturated rings. The van der Waals surface area contributed by atoms with Crippen molar-refractivity contribution in [1.29, 1.82) is 0 Å². The highest BCUT2D eigenvalue weighted by molar-refractivity contribution is 5.95. The van der Waals surface area contributed by atoms with Gasteiger partial charge in [-0.05, 0) is 38.1 Å². The van der Waals surface area contributed by atoms with Crippen LogP contribution in [-0.4, -0.2) is 58.3 Å². The first kappa shape index (κ1) is 19.4. The highest BCUT2D eigenvalue weighted by atomic mass is 35.5. The lowest BCUT2D eigenvalue weighted by atomic mass is 10.0. The molecule has 6 nitrogen and oxygen atoms in total. The number of carbonyl (C=O) groups excluding carboxylic acids is 1. The van der Waals surface area contributed by atoms with Crippen LogP contribution in [0.3, 0.4) is 0 Å². The summed E-state index contributed by atoms with van der Waals surface area (Å²) in [6.07, 6.45) is 1.93. The number of halogens is 1. The van der Waals surface area contributed by atoms with E-state index in [4.69, 9.17) is 14.2 Å². The molecule has 0 unspecified atom stereocenters. The van der Waals surface area contributed by atoms with E-state index in [9.17, 15) is 4.79 Å². The third-order valence-corrected chi connectivity index (χ3v) is 4.09. The Morgan fingerprint density at radius 3 is 2.04 bits per heavy atom. The maximum Gasteiger partial charge on any atom is 0.254 e. The Bertz CT molecular complexity index is 508. The van der Waals surface area contributed by atoms with Crippen LogP contribution in [0.25, 0.3) is 0 Å². The third-order valence-electron chi connectivity index (χ3n) is 4.09. The lowest BCUT2D eigenvalue weighted by molar-refractivity contribution is 0.0702. The molecule has 1 aromatic rings. The number of ether oxygens (including phenoxy) is 3. The van der Waals surface area contributed by atoms with Crippen molar-refractivity contribution in [3.63, 3.8) is 0 Å². The molecule has 0 spiro atoms. The van der Waals surface area contributed by atoms with E-state index in [-0.39, 0.29) is 24.4 Å². The fraction of sp³-hybridized carbons (Fsp3) is 0.562. The SMILES string of the molecule is COc1cc(C(=O)N(C)C2CCNCC2)cc(OC)c1OC.Cl. The smallest absolute Gasteiger partial charge is 0.254 e. The van der Waals surface area contributed by atoms with Gasteiger partial charge in [0.2, 0.25) is 5.75 Å². The topological polar surface area (TPSA) is 60.0 Å². The molecule has 1 amide bonds. The predicted octanol–water partition coefficient (Wildman–Crippen LogP) is 1.96. The Kier molecular flexibility index (Phi) is 7.45. The summed E-state index contributed by atoms with van der Waals surface area (Å²) in [5.74, 6) is 1.44. The Labute approximate surface area is 143 Å². The van der Waals surface area contributed by atoms with Crippen LogP contribution in [0.15, 0.2) is 12.1 Å². The molecule has 1 aromatic carbocycles. The Morgan fingerprint density at radius 2 is 1.61 bits per heavy atom. The van der Waals surface area contributed by atoms with Crippen molar-refractivity contribution in [1.82, 2.24) is 10.2 Å². The summed E-state index contributed by atoms with van der Waals surface area (Å²) in [4.78, 5) is 14.5. The molecule has 1 aliphatic rings. The fourth-order valence-corrected chi connectivity index (χ4v) is 2.77. The van der Waals surface area contributed by atoms with Crippen molar-refractivity contribution in [3.8, 4) is 17.2 Å². The number of rotatable bonds is 5. The zero-order valence-corrected chi connectivity index (χ0v) is 14.9. The van der Waals surface area contributed by atoms with Gasteiger partial charge in [0.15, 0.2) is 11.5 Å². The molecule has 2 rings (SSSR count). The molecule has 1 saturated heterocycles. The van der Waals surface area contributed by atoms with E-state index < -0.39 is 0 Å². The summed E-state index contributed by atoms with van der Waals surface area (Å²) in [7, 11) is 6.48. The van der Waals surface area contributed by atoms with E-state index in [0.29, 0.717) is 22.8 Å². The molecule has 0 aliphatic carbocycles. The number of nitrogens with zero attached hydrogens (tertiary/aromatic N) is 1. The van der Waals surface area contributed by atoms with Crippen LogP contribution in [-0.2, 0) is 0 Å². The average Bonchev–Trinajstić information content (AvgIpc) is 2.59. The van der Waals surface area contributed by atoms with Crippen molar-refractivity contribution in [2.45, 2.75) is 18.9 Å². The van der Waals surface area contributed by atoms with Crippen LogP contribution in [0.4, 0.5) is 0 Å². The highest BCUT2D eigenvalue weighted by Gasteiger charge is 2.25. The quantitative estimate of drug-likeness (QED) is 0.884. The van der Waals surface area contributed by atoms with Crippen molar-refractivity contribution in [3.05, 3.63) is 17.7 Å². The minimum Gasteiger partial charge on any atom is -0.493 e. The number of hydrogen-bond donors (Lipinski definition) is 1. The van der Waals surface area contributed by atoms with Crippen LogP contribution < -0.4 is 19.5 Å². The maximum atomic E-state index is 12.7. The molecule has 0 bridgehead atoms. The van der Waals surface area contributed by atoms with Gasteiger partial charge in [-0.25, -0.2) is 0 Å².